The quantitative estimate of drug-likeness (QED) is 0.747. The maximum absolute atomic E-state index is 9.18. The van der Waals surface area contributed by atoms with E-state index in [4.69, 9.17) is 0 Å². The number of hydrogen-bond acceptors (Lipinski definition) is 4. The number of aliphatic hydroxyl groups excluding tert-OH is 1. The molecule has 0 saturated heterocycles. The smallest absolute Gasteiger partial charge is 0.141 e. The fourth-order valence-electron chi connectivity index (χ4n) is 1.84. The minimum absolute atomic E-state index is 0.155. The van der Waals surface area contributed by atoms with Crippen LogP contribution in [-0.2, 0) is 6.54 Å². The van der Waals surface area contributed by atoms with Crippen LogP contribution in [0.2, 0.25) is 0 Å². The Hall–Kier alpha value is -0.940. The van der Waals surface area contributed by atoms with Crippen LogP contribution in [0.25, 0.3) is 0 Å². The maximum atomic E-state index is 9.18. The molecule has 0 bridgehead atoms. The number of nitrogens with one attached hydrogen (secondary N) is 1. The second-order valence-corrected chi connectivity index (χ2v) is 4.98. The van der Waals surface area contributed by atoms with Gasteiger partial charge in [0.1, 0.15) is 12.2 Å². The van der Waals surface area contributed by atoms with Crippen molar-refractivity contribution in [1.82, 2.24) is 20.1 Å². The van der Waals surface area contributed by atoms with Gasteiger partial charge in [0, 0.05) is 24.6 Å². The Labute approximate surface area is 95.9 Å². The molecule has 0 aliphatic heterocycles. The number of aromatic nitrogens is 3. The van der Waals surface area contributed by atoms with Gasteiger partial charge in [-0.1, -0.05) is 0 Å². The molecule has 2 N–H and O–H groups in total. The molecule has 0 spiro atoms. The van der Waals surface area contributed by atoms with E-state index in [0.717, 1.165) is 31.8 Å². The van der Waals surface area contributed by atoms with E-state index in [1.165, 1.54) is 0 Å². The van der Waals surface area contributed by atoms with Gasteiger partial charge in [0.25, 0.3) is 0 Å². The molecule has 1 aromatic rings. The molecule has 1 fully saturated rings. The van der Waals surface area contributed by atoms with Crippen molar-refractivity contribution < 1.29 is 5.11 Å². The molecule has 0 unspecified atom stereocenters. The van der Waals surface area contributed by atoms with Crippen molar-refractivity contribution in [3.05, 3.63) is 12.2 Å². The summed E-state index contributed by atoms with van der Waals surface area (Å²) in [6.45, 7) is 6.06. The third-order valence-electron chi connectivity index (χ3n) is 3.21. The zero-order valence-corrected chi connectivity index (χ0v) is 9.98. The van der Waals surface area contributed by atoms with Crippen LogP contribution >= 0.6 is 0 Å². The van der Waals surface area contributed by atoms with Gasteiger partial charge in [0.2, 0.25) is 0 Å². The maximum Gasteiger partial charge on any atom is 0.141 e. The molecule has 0 amide bonds. The van der Waals surface area contributed by atoms with Gasteiger partial charge in [-0.2, -0.15) is 5.10 Å². The van der Waals surface area contributed by atoms with Crippen molar-refractivity contribution in [2.24, 2.45) is 5.41 Å². The lowest BCUT2D eigenvalue weighted by Gasteiger charge is -2.13. The summed E-state index contributed by atoms with van der Waals surface area (Å²) in [7, 11) is 0. The van der Waals surface area contributed by atoms with Crippen molar-refractivity contribution in [3.63, 3.8) is 0 Å². The van der Waals surface area contributed by atoms with E-state index < -0.39 is 0 Å². The van der Waals surface area contributed by atoms with Crippen molar-refractivity contribution >= 4 is 0 Å². The third kappa shape index (κ3) is 2.41. The van der Waals surface area contributed by atoms with Gasteiger partial charge >= 0.3 is 0 Å². The molecule has 1 aliphatic carbocycles. The van der Waals surface area contributed by atoms with Gasteiger partial charge in [-0.05, 0) is 26.7 Å². The Morgan fingerprint density at radius 1 is 1.56 bits per heavy atom. The summed E-state index contributed by atoms with van der Waals surface area (Å²) in [4.78, 5) is 4.23. The molecule has 1 aromatic heterocycles. The zero-order valence-electron chi connectivity index (χ0n) is 9.98. The molecule has 1 saturated carbocycles. The van der Waals surface area contributed by atoms with Crippen LogP contribution < -0.4 is 5.32 Å². The van der Waals surface area contributed by atoms with E-state index in [9.17, 15) is 5.11 Å². The van der Waals surface area contributed by atoms with Crippen LogP contribution in [0.5, 0.6) is 0 Å². The SMILES string of the molecule is CC(C)n1ncnc1CNCC1(CO)CC1. The fraction of sp³-hybridized carbons (Fsp3) is 0.818. The van der Waals surface area contributed by atoms with Gasteiger partial charge in [-0.25, -0.2) is 9.67 Å². The second kappa shape index (κ2) is 4.51. The number of aliphatic hydroxyl groups is 1. The first-order chi connectivity index (χ1) is 7.67. The molecular weight excluding hydrogens is 204 g/mol. The Morgan fingerprint density at radius 2 is 2.31 bits per heavy atom. The summed E-state index contributed by atoms with van der Waals surface area (Å²) in [5.74, 6) is 0.962. The fourth-order valence-corrected chi connectivity index (χ4v) is 1.84. The number of hydrogen-bond donors (Lipinski definition) is 2. The van der Waals surface area contributed by atoms with Gasteiger partial charge in [-0.15, -0.1) is 0 Å². The van der Waals surface area contributed by atoms with E-state index in [2.05, 4.69) is 29.2 Å². The predicted octanol–water partition coefficient (Wildman–Crippen LogP) is 0.721. The summed E-state index contributed by atoms with van der Waals surface area (Å²) in [5.41, 5.74) is 0.155. The van der Waals surface area contributed by atoms with Gasteiger partial charge in [0.15, 0.2) is 0 Å². The first-order valence-electron chi connectivity index (χ1n) is 5.87. The van der Waals surface area contributed by atoms with Crippen LogP contribution in [0.3, 0.4) is 0 Å². The molecule has 90 valence electrons. The molecule has 0 radical (unpaired) electrons. The van der Waals surface area contributed by atoms with Gasteiger partial charge < -0.3 is 10.4 Å². The molecule has 0 aromatic carbocycles. The highest BCUT2D eigenvalue weighted by Gasteiger charge is 2.41. The van der Waals surface area contributed by atoms with E-state index >= 15 is 0 Å². The lowest BCUT2D eigenvalue weighted by Crippen LogP contribution is -2.27. The van der Waals surface area contributed by atoms with Crippen molar-refractivity contribution in [2.75, 3.05) is 13.2 Å². The topological polar surface area (TPSA) is 63.0 Å². The predicted molar refractivity (Wildman–Crippen MR) is 60.9 cm³/mol. The van der Waals surface area contributed by atoms with Crippen LogP contribution in [0, 0.1) is 5.41 Å². The molecular formula is C11H20N4O. The van der Waals surface area contributed by atoms with Crippen LogP contribution in [0.15, 0.2) is 6.33 Å². The largest absolute Gasteiger partial charge is 0.396 e. The molecule has 1 aliphatic rings. The monoisotopic (exact) mass is 224 g/mol. The van der Waals surface area contributed by atoms with Crippen LogP contribution in [-0.4, -0.2) is 33.0 Å². The molecule has 2 rings (SSSR count). The summed E-state index contributed by atoms with van der Waals surface area (Å²) in [6.07, 6.45) is 3.86. The zero-order chi connectivity index (χ0) is 11.6. The van der Waals surface area contributed by atoms with E-state index in [0.29, 0.717) is 6.04 Å². The number of nitrogens with zero attached hydrogens (tertiary/aromatic N) is 3. The van der Waals surface area contributed by atoms with E-state index in [1.807, 2.05) is 4.68 Å². The lowest BCUT2D eigenvalue weighted by molar-refractivity contribution is 0.207. The molecule has 5 heteroatoms. The Kier molecular flexibility index (Phi) is 3.25. The standard InChI is InChI=1S/C11H20N4O/c1-9(2)15-10(13-8-14-15)5-12-6-11(7-16)3-4-11/h8-9,12,16H,3-7H2,1-2H3. The lowest BCUT2D eigenvalue weighted by atomic mass is 10.1. The van der Waals surface area contributed by atoms with Crippen molar-refractivity contribution in [1.29, 1.82) is 0 Å². The highest BCUT2D eigenvalue weighted by molar-refractivity contribution is 4.95. The minimum Gasteiger partial charge on any atom is -0.396 e. The van der Waals surface area contributed by atoms with Gasteiger partial charge in [0.05, 0.1) is 6.54 Å². The summed E-state index contributed by atoms with van der Waals surface area (Å²) in [5, 5.41) is 16.7. The summed E-state index contributed by atoms with van der Waals surface area (Å²) < 4.78 is 1.92. The summed E-state index contributed by atoms with van der Waals surface area (Å²) >= 11 is 0. The van der Waals surface area contributed by atoms with E-state index in [1.54, 1.807) is 6.33 Å². The van der Waals surface area contributed by atoms with Gasteiger partial charge in [-0.3, -0.25) is 0 Å². The molecule has 1 heterocycles. The first kappa shape index (κ1) is 11.5. The normalized spacial score (nSPS) is 18.0. The van der Waals surface area contributed by atoms with Crippen molar-refractivity contribution in [2.45, 2.75) is 39.3 Å². The Balaban J connectivity index is 1.83. The third-order valence-corrected chi connectivity index (χ3v) is 3.21. The average Bonchev–Trinajstić information content (AvgIpc) is 2.88. The molecule has 0 atom stereocenters. The van der Waals surface area contributed by atoms with Crippen LogP contribution in [0.4, 0.5) is 0 Å². The molecule has 16 heavy (non-hydrogen) atoms. The Bertz CT molecular complexity index is 344. The minimum atomic E-state index is 0.155. The average molecular weight is 224 g/mol. The first-order valence-corrected chi connectivity index (χ1v) is 5.87. The molecule has 5 nitrogen and oxygen atoms in total. The van der Waals surface area contributed by atoms with Crippen LogP contribution in [0.1, 0.15) is 38.6 Å². The second-order valence-electron chi connectivity index (χ2n) is 4.98. The summed E-state index contributed by atoms with van der Waals surface area (Å²) in [6, 6.07) is 0.340. The highest BCUT2D eigenvalue weighted by atomic mass is 16.3. The van der Waals surface area contributed by atoms with Crippen molar-refractivity contribution in [3.8, 4) is 0 Å². The van der Waals surface area contributed by atoms with E-state index in [-0.39, 0.29) is 12.0 Å². The highest BCUT2D eigenvalue weighted by Crippen LogP contribution is 2.44. The Morgan fingerprint density at radius 3 is 2.88 bits per heavy atom. The number of rotatable bonds is 6.